The first-order chi connectivity index (χ1) is 9.06. The molecular formula is C13H25NO5. The fraction of sp³-hybridized carbons (Fsp3) is 0.923. The molecule has 6 nitrogen and oxygen atoms in total. The SMILES string of the molecule is CC(CCCCOC(=O)C(N)C1CO1)C(O)CCO. The molecule has 0 radical (unpaired) electrons. The van der Waals surface area contributed by atoms with Crippen LogP contribution in [0.25, 0.3) is 0 Å². The van der Waals surface area contributed by atoms with Gasteiger partial charge in [0.05, 0.1) is 19.3 Å². The number of carbonyl (C=O) groups is 1. The molecule has 1 fully saturated rings. The molecule has 4 N–H and O–H groups in total. The van der Waals surface area contributed by atoms with E-state index in [0.717, 1.165) is 19.3 Å². The van der Waals surface area contributed by atoms with E-state index in [1.54, 1.807) is 0 Å². The fourth-order valence-electron chi connectivity index (χ4n) is 1.86. The van der Waals surface area contributed by atoms with Gasteiger partial charge in [-0.1, -0.05) is 6.92 Å². The van der Waals surface area contributed by atoms with Crippen molar-refractivity contribution in [2.75, 3.05) is 19.8 Å². The summed E-state index contributed by atoms with van der Waals surface area (Å²) in [6, 6.07) is -0.662. The third-order valence-electron chi connectivity index (χ3n) is 3.41. The minimum Gasteiger partial charge on any atom is -0.464 e. The minimum absolute atomic E-state index is 0.00421. The summed E-state index contributed by atoms with van der Waals surface area (Å²) in [5.74, 6) is -0.263. The Labute approximate surface area is 113 Å². The molecule has 0 aromatic rings. The molecular weight excluding hydrogens is 250 g/mol. The van der Waals surface area contributed by atoms with Crippen molar-refractivity contribution >= 4 is 5.97 Å². The third kappa shape index (κ3) is 6.33. The number of aliphatic hydroxyl groups excluding tert-OH is 2. The molecule has 112 valence electrons. The van der Waals surface area contributed by atoms with E-state index in [0.29, 0.717) is 19.6 Å². The van der Waals surface area contributed by atoms with Crippen LogP contribution in [0, 0.1) is 5.92 Å². The number of ether oxygens (including phenoxy) is 2. The maximum absolute atomic E-state index is 11.4. The molecule has 1 aliphatic rings. The summed E-state index contributed by atoms with van der Waals surface area (Å²) in [4.78, 5) is 11.4. The summed E-state index contributed by atoms with van der Waals surface area (Å²) in [6.45, 7) is 2.84. The Balaban J connectivity index is 1.99. The van der Waals surface area contributed by atoms with E-state index < -0.39 is 18.1 Å². The molecule has 0 saturated carbocycles. The molecule has 4 unspecified atom stereocenters. The lowest BCUT2D eigenvalue weighted by molar-refractivity contribution is -0.145. The standard InChI is InChI=1S/C13H25NO5/c1-9(10(16)5-6-15)4-2-3-7-18-13(17)12(14)11-8-19-11/h9-12,15-16H,2-8,14H2,1H3. The van der Waals surface area contributed by atoms with E-state index in [2.05, 4.69) is 0 Å². The molecule has 1 rings (SSSR count). The average molecular weight is 275 g/mol. The highest BCUT2D eigenvalue weighted by Gasteiger charge is 2.35. The number of hydrogen-bond donors (Lipinski definition) is 3. The van der Waals surface area contributed by atoms with E-state index in [1.807, 2.05) is 6.92 Å². The number of epoxide rings is 1. The molecule has 1 heterocycles. The van der Waals surface area contributed by atoms with Gasteiger partial charge in [0.25, 0.3) is 0 Å². The smallest absolute Gasteiger partial charge is 0.325 e. The van der Waals surface area contributed by atoms with Crippen molar-refractivity contribution in [2.24, 2.45) is 11.7 Å². The van der Waals surface area contributed by atoms with E-state index in [1.165, 1.54) is 0 Å². The van der Waals surface area contributed by atoms with Gasteiger partial charge in [0, 0.05) is 6.61 Å². The lowest BCUT2D eigenvalue weighted by Gasteiger charge is -2.17. The lowest BCUT2D eigenvalue weighted by Crippen LogP contribution is -2.37. The molecule has 4 atom stereocenters. The molecule has 0 aliphatic carbocycles. The second-order valence-corrected chi connectivity index (χ2v) is 5.12. The second kappa shape index (κ2) is 8.47. The highest BCUT2D eigenvalue weighted by Crippen LogP contribution is 2.15. The van der Waals surface area contributed by atoms with Crippen molar-refractivity contribution in [3.8, 4) is 0 Å². The molecule has 0 aromatic heterocycles. The third-order valence-corrected chi connectivity index (χ3v) is 3.41. The molecule has 0 bridgehead atoms. The Hall–Kier alpha value is -0.690. The predicted molar refractivity (Wildman–Crippen MR) is 69.4 cm³/mol. The number of esters is 1. The number of hydrogen-bond acceptors (Lipinski definition) is 6. The first-order valence-electron chi connectivity index (χ1n) is 6.89. The summed E-state index contributed by atoms with van der Waals surface area (Å²) in [7, 11) is 0. The van der Waals surface area contributed by atoms with Gasteiger partial charge in [0.15, 0.2) is 0 Å². The van der Waals surface area contributed by atoms with Crippen LogP contribution in [0.5, 0.6) is 0 Å². The Morgan fingerprint density at radius 3 is 2.74 bits per heavy atom. The summed E-state index contributed by atoms with van der Waals surface area (Å²) >= 11 is 0. The summed E-state index contributed by atoms with van der Waals surface area (Å²) < 4.78 is 9.97. The molecule has 0 amide bonds. The molecule has 1 aliphatic heterocycles. The van der Waals surface area contributed by atoms with E-state index in [9.17, 15) is 9.90 Å². The maximum atomic E-state index is 11.4. The van der Waals surface area contributed by atoms with Crippen LogP contribution in [0.15, 0.2) is 0 Å². The van der Waals surface area contributed by atoms with Gasteiger partial charge in [-0.15, -0.1) is 0 Å². The van der Waals surface area contributed by atoms with Gasteiger partial charge in [0.1, 0.15) is 12.1 Å². The number of nitrogens with two attached hydrogens (primary N) is 1. The van der Waals surface area contributed by atoms with Crippen molar-refractivity contribution in [1.82, 2.24) is 0 Å². The highest BCUT2D eigenvalue weighted by atomic mass is 16.6. The topological polar surface area (TPSA) is 105 Å². The zero-order valence-electron chi connectivity index (χ0n) is 11.5. The maximum Gasteiger partial charge on any atom is 0.325 e. The highest BCUT2D eigenvalue weighted by molar-refractivity contribution is 5.76. The Bertz CT molecular complexity index is 270. The van der Waals surface area contributed by atoms with Gasteiger partial charge < -0.3 is 25.4 Å². The van der Waals surface area contributed by atoms with E-state index in [-0.39, 0.29) is 18.6 Å². The minimum atomic E-state index is -0.662. The van der Waals surface area contributed by atoms with Gasteiger partial charge >= 0.3 is 5.97 Å². The van der Waals surface area contributed by atoms with Crippen LogP contribution in [0.1, 0.15) is 32.6 Å². The Morgan fingerprint density at radius 2 is 2.16 bits per heavy atom. The Morgan fingerprint density at radius 1 is 1.47 bits per heavy atom. The zero-order chi connectivity index (χ0) is 14.3. The molecule has 0 spiro atoms. The molecule has 19 heavy (non-hydrogen) atoms. The van der Waals surface area contributed by atoms with Crippen molar-refractivity contribution in [3.05, 3.63) is 0 Å². The fourth-order valence-corrected chi connectivity index (χ4v) is 1.86. The average Bonchev–Trinajstić information content (AvgIpc) is 3.21. The van der Waals surface area contributed by atoms with Crippen LogP contribution in [-0.2, 0) is 14.3 Å². The van der Waals surface area contributed by atoms with Crippen LogP contribution >= 0.6 is 0 Å². The summed E-state index contributed by atoms with van der Waals surface area (Å²) in [5.41, 5.74) is 5.60. The second-order valence-electron chi connectivity index (χ2n) is 5.12. The predicted octanol–water partition coefficient (Wildman–Crippen LogP) is -0.195. The first kappa shape index (κ1) is 16.4. The van der Waals surface area contributed by atoms with Crippen LogP contribution in [0.2, 0.25) is 0 Å². The Kier molecular flexibility index (Phi) is 7.30. The lowest BCUT2D eigenvalue weighted by atomic mass is 9.96. The molecule has 1 saturated heterocycles. The number of rotatable bonds is 10. The summed E-state index contributed by atoms with van der Waals surface area (Å²) in [6.07, 6.45) is 2.24. The van der Waals surface area contributed by atoms with Crippen molar-refractivity contribution in [1.29, 1.82) is 0 Å². The van der Waals surface area contributed by atoms with Crippen molar-refractivity contribution in [2.45, 2.75) is 50.9 Å². The largest absolute Gasteiger partial charge is 0.464 e. The first-order valence-corrected chi connectivity index (χ1v) is 6.89. The number of unbranched alkanes of at least 4 members (excludes halogenated alkanes) is 1. The van der Waals surface area contributed by atoms with Crippen LogP contribution in [0.4, 0.5) is 0 Å². The quantitative estimate of drug-likeness (QED) is 0.290. The number of carbonyl (C=O) groups excluding carboxylic acids is 1. The monoisotopic (exact) mass is 275 g/mol. The van der Waals surface area contributed by atoms with Crippen LogP contribution < -0.4 is 5.73 Å². The van der Waals surface area contributed by atoms with Gasteiger partial charge in [-0.3, -0.25) is 4.79 Å². The zero-order valence-corrected chi connectivity index (χ0v) is 11.5. The summed E-state index contributed by atoms with van der Waals surface area (Å²) in [5, 5.41) is 18.3. The van der Waals surface area contributed by atoms with Crippen LogP contribution in [0.3, 0.4) is 0 Å². The van der Waals surface area contributed by atoms with Gasteiger partial charge in [-0.05, 0) is 31.6 Å². The van der Waals surface area contributed by atoms with E-state index >= 15 is 0 Å². The normalized spacial score (nSPS) is 22.6. The van der Waals surface area contributed by atoms with Gasteiger partial charge in [-0.25, -0.2) is 0 Å². The van der Waals surface area contributed by atoms with Crippen molar-refractivity contribution < 1.29 is 24.5 Å². The molecule has 6 heteroatoms. The van der Waals surface area contributed by atoms with Crippen LogP contribution in [-0.4, -0.2) is 54.3 Å². The van der Waals surface area contributed by atoms with E-state index in [4.69, 9.17) is 20.3 Å². The van der Waals surface area contributed by atoms with Gasteiger partial charge in [-0.2, -0.15) is 0 Å². The van der Waals surface area contributed by atoms with Gasteiger partial charge in [0.2, 0.25) is 0 Å². The van der Waals surface area contributed by atoms with Crippen molar-refractivity contribution in [3.63, 3.8) is 0 Å². The molecule has 0 aromatic carbocycles. The number of aliphatic hydroxyl groups is 2.